The fraction of sp³-hybridized carbons (Fsp3) is 0.556. The molecule has 0 saturated carbocycles. The van der Waals surface area contributed by atoms with E-state index in [1.165, 1.54) is 4.90 Å². The first-order chi connectivity index (χ1) is 11.5. The number of rotatable bonds is 9. The van der Waals surface area contributed by atoms with Crippen molar-refractivity contribution in [2.24, 2.45) is 0 Å². The largest absolute Gasteiger partial charge is 0.492 e. The molecule has 0 radical (unpaired) electrons. The number of benzene rings is 1. The molecule has 1 N–H and O–H groups in total. The van der Waals surface area contributed by atoms with E-state index in [4.69, 9.17) is 16.3 Å². The molecule has 1 aromatic rings. The zero-order valence-electron chi connectivity index (χ0n) is 14.3. The van der Waals surface area contributed by atoms with Crippen LogP contribution in [0.15, 0.2) is 24.3 Å². The van der Waals surface area contributed by atoms with Crippen LogP contribution in [-0.2, 0) is 4.79 Å². The number of halogens is 1. The van der Waals surface area contributed by atoms with E-state index in [2.05, 4.69) is 12.2 Å². The number of carbonyl (C=O) groups excluding carboxylic acids is 2. The van der Waals surface area contributed by atoms with Gasteiger partial charge in [-0.1, -0.05) is 50.3 Å². The second kappa shape index (κ2) is 8.38. The number of hydrogen-bond acceptors (Lipinski definition) is 3. The lowest BCUT2D eigenvalue weighted by atomic mass is 9.94. The summed E-state index contributed by atoms with van der Waals surface area (Å²) in [7, 11) is 0. The minimum absolute atomic E-state index is 0.168. The first kappa shape index (κ1) is 18.6. The summed E-state index contributed by atoms with van der Waals surface area (Å²) in [5.74, 6) is 0.454. The van der Waals surface area contributed by atoms with Crippen LogP contribution in [0.5, 0.6) is 5.75 Å². The van der Waals surface area contributed by atoms with Crippen LogP contribution in [0.4, 0.5) is 4.79 Å². The van der Waals surface area contributed by atoms with E-state index in [0.717, 1.165) is 25.7 Å². The molecule has 3 amide bonds. The summed E-state index contributed by atoms with van der Waals surface area (Å²) in [6.45, 7) is 4.41. The van der Waals surface area contributed by atoms with Gasteiger partial charge in [0.15, 0.2) is 0 Å². The van der Waals surface area contributed by atoms with E-state index in [1.807, 2.05) is 0 Å². The van der Waals surface area contributed by atoms with Gasteiger partial charge in [0.25, 0.3) is 5.91 Å². The van der Waals surface area contributed by atoms with Gasteiger partial charge in [0.1, 0.15) is 17.9 Å². The van der Waals surface area contributed by atoms with Crippen molar-refractivity contribution in [2.75, 3.05) is 13.2 Å². The van der Waals surface area contributed by atoms with Crippen molar-refractivity contribution in [3.63, 3.8) is 0 Å². The second-order valence-corrected chi connectivity index (χ2v) is 6.77. The summed E-state index contributed by atoms with van der Waals surface area (Å²) >= 11 is 5.90. The van der Waals surface area contributed by atoms with E-state index < -0.39 is 5.54 Å². The molecule has 1 heterocycles. The molecule has 0 aromatic heterocycles. The van der Waals surface area contributed by atoms with Crippen molar-refractivity contribution in [1.82, 2.24) is 10.2 Å². The average molecular weight is 353 g/mol. The number of imide groups is 1. The van der Waals surface area contributed by atoms with Gasteiger partial charge in [0, 0.05) is 5.02 Å². The zero-order valence-corrected chi connectivity index (χ0v) is 15.1. The highest BCUT2D eigenvalue weighted by molar-refractivity contribution is 6.30. The predicted molar refractivity (Wildman–Crippen MR) is 94.4 cm³/mol. The first-order valence-electron chi connectivity index (χ1n) is 8.49. The molecular weight excluding hydrogens is 328 g/mol. The van der Waals surface area contributed by atoms with Crippen LogP contribution in [-0.4, -0.2) is 35.5 Å². The van der Waals surface area contributed by atoms with Crippen molar-refractivity contribution < 1.29 is 14.3 Å². The molecule has 1 aliphatic rings. The molecule has 1 atom stereocenters. The first-order valence-corrected chi connectivity index (χ1v) is 8.86. The van der Waals surface area contributed by atoms with Crippen LogP contribution in [0.25, 0.3) is 0 Å². The summed E-state index contributed by atoms with van der Waals surface area (Å²) in [5.41, 5.74) is -0.791. The number of unbranched alkanes of at least 4 members (excludes halogenated alkanes) is 3. The Morgan fingerprint density at radius 3 is 2.75 bits per heavy atom. The molecule has 5 nitrogen and oxygen atoms in total. The third-order valence-corrected chi connectivity index (χ3v) is 4.49. The Morgan fingerprint density at radius 2 is 2.04 bits per heavy atom. The lowest BCUT2D eigenvalue weighted by Crippen LogP contribution is -2.44. The number of amides is 3. The van der Waals surface area contributed by atoms with Crippen molar-refractivity contribution in [2.45, 2.75) is 51.5 Å². The maximum absolute atomic E-state index is 12.6. The molecule has 24 heavy (non-hydrogen) atoms. The summed E-state index contributed by atoms with van der Waals surface area (Å²) in [6, 6.07) is 6.70. The summed E-state index contributed by atoms with van der Waals surface area (Å²) in [5, 5.41) is 3.41. The average Bonchev–Trinajstić information content (AvgIpc) is 2.75. The standard InChI is InChI=1S/C18H25ClN2O3/c1-3-4-5-6-10-18(2)16(22)21(17(23)20-18)11-12-24-15-9-7-8-14(19)13-15/h7-9,13H,3-6,10-12H2,1-2H3,(H,20,23). The van der Waals surface area contributed by atoms with E-state index in [-0.39, 0.29) is 25.1 Å². The van der Waals surface area contributed by atoms with Crippen LogP contribution >= 0.6 is 11.6 Å². The highest BCUT2D eigenvalue weighted by atomic mass is 35.5. The molecule has 0 bridgehead atoms. The highest BCUT2D eigenvalue weighted by Gasteiger charge is 2.46. The SMILES string of the molecule is CCCCCCC1(C)NC(=O)N(CCOc2cccc(Cl)c2)C1=O. The van der Waals surface area contributed by atoms with Gasteiger partial charge in [-0.25, -0.2) is 4.79 Å². The summed E-state index contributed by atoms with van der Waals surface area (Å²) < 4.78 is 5.57. The van der Waals surface area contributed by atoms with Crippen molar-refractivity contribution in [1.29, 1.82) is 0 Å². The van der Waals surface area contributed by atoms with Crippen LogP contribution < -0.4 is 10.1 Å². The highest BCUT2D eigenvalue weighted by Crippen LogP contribution is 2.24. The monoisotopic (exact) mass is 352 g/mol. The summed E-state index contributed by atoms with van der Waals surface area (Å²) in [4.78, 5) is 25.9. The van der Waals surface area contributed by atoms with Crippen LogP contribution in [0.1, 0.15) is 46.0 Å². The fourth-order valence-corrected chi connectivity index (χ4v) is 3.02. The minimum Gasteiger partial charge on any atom is -0.492 e. The third kappa shape index (κ3) is 4.63. The Bertz CT molecular complexity index is 593. The van der Waals surface area contributed by atoms with E-state index in [0.29, 0.717) is 17.2 Å². The van der Waals surface area contributed by atoms with Gasteiger partial charge in [0.05, 0.1) is 6.54 Å². The lowest BCUT2D eigenvalue weighted by Gasteiger charge is -2.21. The minimum atomic E-state index is -0.791. The molecule has 1 aromatic carbocycles. The van der Waals surface area contributed by atoms with Crippen LogP contribution in [0, 0.1) is 0 Å². The van der Waals surface area contributed by atoms with Crippen molar-refractivity contribution in [3.8, 4) is 5.75 Å². The number of nitrogens with one attached hydrogen (secondary N) is 1. The van der Waals surface area contributed by atoms with E-state index >= 15 is 0 Å². The third-order valence-electron chi connectivity index (χ3n) is 4.26. The number of carbonyl (C=O) groups is 2. The molecular formula is C18H25ClN2O3. The molecule has 2 rings (SSSR count). The molecule has 0 spiro atoms. The molecule has 132 valence electrons. The zero-order chi connectivity index (χ0) is 17.6. The quantitative estimate of drug-likeness (QED) is 0.539. The van der Waals surface area contributed by atoms with Gasteiger partial charge in [-0.3, -0.25) is 9.69 Å². The molecule has 0 aliphatic carbocycles. The van der Waals surface area contributed by atoms with Gasteiger partial charge in [-0.2, -0.15) is 0 Å². The molecule has 1 fully saturated rings. The number of ether oxygens (including phenoxy) is 1. The Labute approximate surface area is 148 Å². The van der Waals surface area contributed by atoms with Crippen molar-refractivity contribution in [3.05, 3.63) is 29.3 Å². The Balaban J connectivity index is 1.84. The van der Waals surface area contributed by atoms with Gasteiger partial charge in [-0.15, -0.1) is 0 Å². The van der Waals surface area contributed by atoms with Gasteiger partial charge >= 0.3 is 6.03 Å². The van der Waals surface area contributed by atoms with Gasteiger partial charge < -0.3 is 10.1 Å². The number of hydrogen-bond donors (Lipinski definition) is 1. The predicted octanol–water partition coefficient (Wildman–Crippen LogP) is 4.00. The maximum Gasteiger partial charge on any atom is 0.325 e. The molecule has 6 heteroatoms. The maximum atomic E-state index is 12.6. The summed E-state index contributed by atoms with van der Waals surface area (Å²) in [6.07, 6.45) is 4.97. The van der Waals surface area contributed by atoms with Gasteiger partial charge in [-0.05, 0) is 31.5 Å². The van der Waals surface area contributed by atoms with Crippen LogP contribution in [0.2, 0.25) is 5.02 Å². The fourth-order valence-electron chi connectivity index (χ4n) is 2.84. The van der Waals surface area contributed by atoms with E-state index in [9.17, 15) is 9.59 Å². The van der Waals surface area contributed by atoms with Crippen LogP contribution in [0.3, 0.4) is 0 Å². The normalized spacial score (nSPS) is 20.4. The molecule has 1 saturated heterocycles. The topological polar surface area (TPSA) is 58.6 Å². The smallest absolute Gasteiger partial charge is 0.325 e. The van der Waals surface area contributed by atoms with Gasteiger partial charge in [0.2, 0.25) is 0 Å². The lowest BCUT2D eigenvalue weighted by molar-refractivity contribution is -0.131. The Hall–Kier alpha value is -1.75. The number of nitrogens with zero attached hydrogens (tertiary/aromatic N) is 1. The Morgan fingerprint density at radius 1 is 1.25 bits per heavy atom. The second-order valence-electron chi connectivity index (χ2n) is 6.34. The molecule has 1 aliphatic heterocycles. The van der Waals surface area contributed by atoms with Crippen molar-refractivity contribution >= 4 is 23.5 Å². The number of urea groups is 1. The Kier molecular flexibility index (Phi) is 6.49. The van der Waals surface area contributed by atoms with E-state index in [1.54, 1.807) is 31.2 Å². The molecule has 1 unspecified atom stereocenters.